The van der Waals surface area contributed by atoms with E-state index in [2.05, 4.69) is 34.5 Å². The Morgan fingerprint density at radius 3 is 2.55 bits per heavy atom. The van der Waals surface area contributed by atoms with Crippen LogP contribution in [0.5, 0.6) is 0 Å². The summed E-state index contributed by atoms with van der Waals surface area (Å²) in [5.41, 5.74) is 8.51. The van der Waals surface area contributed by atoms with Gasteiger partial charge >= 0.3 is 6.09 Å². The lowest BCUT2D eigenvalue weighted by molar-refractivity contribution is 0.0764. The van der Waals surface area contributed by atoms with Gasteiger partial charge in [-0.05, 0) is 73.9 Å². The number of carbonyl (C=O) groups excluding carboxylic acids is 1. The van der Waals surface area contributed by atoms with Crippen LogP contribution in [0.4, 0.5) is 9.18 Å². The fourth-order valence-electron chi connectivity index (χ4n) is 6.37. The van der Waals surface area contributed by atoms with Gasteiger partial charge in [0.25, 0.3) is 0 Å². The van der Waals surface area contributed by atoms with E-state index in [0.717, 1.165) is 57.3 Å². The molecule has 1 aliphatic heterocycles. The Balaban J connectivity index is 1.60. The van der Waals surface area contributed by atoms with Crippen LogP contribution in [-0.4, -0.2) is 43.8 Å². The number of amides is 1. The fourth-order valence-corrected chi connectivity index (χ4v) is 6.37. The third kappa shape index (κ3) is 5.07. The van der Waals surface area contributed by atoms with E-state index >= 15 is 0 Å². The molecular formula is C27H36FN3O2. The molecule has 0 bridgehead atoms. The maximum Gasteiger partial charge on any atom is 0.407 e. The van der Waals surface area contributed by atoms with Gasteiger partial charge in [-0.1, -0.05) is 48.9 Å². The molecule has 33 heavy (non-hydrogen) atoms. The summed E-state index contributed by atoms with van der Waals surface area (Å²) in [7, 11) is 1.39. The van der Waals surface area contributed by atoms with Crippen LogP contribution in [0.3, 0.4) is 0 Å². The quantitative estimate of drug-likeness (QED) is 0.650. The average Bonchev–Trinajstić information content (AvgIpc) is 3.30. The van der Waals surface area contributed by atoms with Crippen LogP contribution in [-0.2, 0) is 16.7 Å². The summed E-state index contributed by atoms with van der Waals surface area (Å²) in [6.07, 6.45) is 4.47. The predicted octanol–water partition coefficient (Wildman–Crippen LogP) is 4.46. The zero-order valence-electron chi connectivity index (χ0n) is 19.5. The molecule has 3 atom stereocenters. The number of rotatable bonds is 7. The monoisotopic (exact) mass is 453 g/mol. The predicted molar refractivity (Wildman–Crippen MR) is 128 cm³/mol. The molecule has 1 saturated heterocycles. The smallest absolute Gasteiger partial charge is 0.407 e. The summed E-state index contributed by atoms with van der Waals surface area (Å²) in [6.45, 7) is 3.35. The van der Waals surface area contributed by atoms with E-state index in [9.17, 15) is 9.18 Å². The zero-order valence-corrected chi connectivity index (χ0v) is 19.5. The van der Waals surface area contributed by atoms with Crippen LogP contribution in [0.1, 0.15) is 43.2 Å². The first kappa shape index (κ1) is 23.7. The largest absolute Gasteiger partial charge is 0.453 e. The maximum atomic E-state index is 14.4. The van der Waals surface area contributed by atoms with E-state index in [1.807, 2.05) is 12.1 Å². The number of likely N-dealkylation sites (tertiary alicyclic amines) is 1. The second kappa shape index (κ2) is 10.7. The number of benzene rings is 2. The number of carbonyl (C=O) groups is 1. The van der Waals surface area contributed by atoms with E-state index < -0.39 is 6.09 Å². The molecule has 1 amide bonds. The number of piperidine rings is 1. The molecule has 1 saturated carbocycles. The van der Waals surface area contributed by atoms with Gasteiger partial charge in [-0.15, -0.1) is 0 Å². The van der Waals surface area contributed by atoms with Crippen molar-refractivity contribution in [3.8, 4) is 0 Å². The van der Waals surface area contributed by atoms with Crippen LogP contribution < -0.4 is 11.1 Å². The van der Waals surface area contributed by atoms with Gasteiger partial charge in [0.15, 0.2) is 0 Å². The Kier molecular flexibility index (Phi) is 7.66. The molecule has 2 fully saturated rings. The van der Waals surface area contributed by atoms with Crippen LogP contribution in [0.15, 0.2) is 54.6 Å². The highest BCUT2D eigenvalue weighted by Crippen LogP contribution is 2.50. The van der Waals surface area contributed by atoms with Crippen molar-refractivity contribution in [2.75, 3.05) is 26.7 Å². The first-order chi connectivity index (χ1) is 16.1. The van der Waals surface area contributed by atoms with Crippen molar-refractivity contribution in [2.45, 2.75) is 50.1 Å². The van der Waals surface area contributed by atoms with Gasteiger partial charge in [0.2, 0.25) is 0 Å². The number of ether oxygens (including phenoxy) is 1. The van der Waals surface area contributed by atoms with Crippen molar-refractivity contribution in [1.29, 1.82) is 0 Å². The number of nitrogens with one attached hydrogen (secondary N) is 1. The van der Waals surface area contributed by atoms with Crippen molar-refractivity contribution in [2.24, 2.45) is 17.6 Å². The van der Waals surface area contributed by atoms with Crippen molar-refractivity contribution in [3.05, 3.63) is 71.5 Å². The molecule has 4 rings (SSSR count). The first-order valence-electron chi connectivity index (χ1n) is 12.1. The summed E-state index contributed by atoms with van der Waals surface area (Å²) < 4.78 is 19.3. The Morgan fingerprint density at radius 2 is 1.88 bits per heavy atom. The number of halogens is 1. The normalized spacial score (nSPS) is 23.7. The number of nitrogens with two attached hydrogens (primary N) is 1. The minimum Gasteiger partial charge on any atom is -0.453 e. The van der Waals surface area contributed by atoms with Crippen molar-refractivity contribution in [1.82, 2.24) is 10.2 Å². The molecule has 5 nitrogen and oxygen atoms in total. The average molecular weight is 454 g/mol. The van der Waals surface area contributed by atoms with E-state index in [1.165, 1.54) is 18.7 Å². The Labute approximate surface area is 196 Å². The second-order valence-electron chi connectivity index (χ2n) is 9.57. The third-order valence-electron chi connectivity index (χ3n) is 7.93. The van der Waals surface area contributed by atoms with Crippen molar-refractivity contribution < 1.29 is 13.9 Å². The lowest BCUT2D eigenvalue weighted by Crippen LogP contribution is -2.56. The SMILES string of the molecule is COC(=O)N[C@H]1CCC[C@@H]1[C@](CN)(c1cccc(F)c1)C1CCN(Cc2ccccc2)CC1. The Morgan fingerprint density at radius 1 is 1.12 bits per heavy atom. The minimum absolute atomic E-state index is 0.0217. The zero-order chi connectivity index (χ0) is 23.3. The molecule has 2 aliphatic rings. The fraction of sp³-hybridized carbons (Fsp3) is 0.519. The molecule has 0 unspecified atom stereocenters. The van der Waals surface area contributed by atoms with Gasteiger partial charge in [-0.25, -0.2) is 9.18 Å². The number of methoxy groups -OCH3 is 1. The van der Waals surface area contributed by atoms with Gasteiger partial charge in [-0.3, -0.25) is 4.90 Å². The van der Waals surface area contributed by atoms with Crippen molar-refractivity contribution >= 4 is 6.09 Å². The van der Waals surface area contributed by atoms with Gasteiger partial charge in [0, 0.05) is 24.5 Å². The molecule has 0 aromatic heterocycles. The lowest BCUT2D eigenvalue weighted by Gasteiger charge is -2.50. The Bertz CT molecular complexity index is 917. The second-order valence-corrected chi connectivity index (χ2v) is 9.57. The van der Waals surface area contributed by atoms with E-state index in [-0.39, 0.29) is 23.2 Å². The van der Waals surface area contributed by atoms with Gasteiger partial charge in [0.05, 0.1) is 7.11 Å². The van der Waals surface area contributed by atoms with Crippen LogP contribution >= 0.6 is 0 Å². The summed E-state index contributed by atoms with van der Waals surface area (Å²) in [5, 5.41) is 3.06. The first-order valence-corrected chi connectivity index (χ1v) is 12.1. The Hall–Kier alpha value is -2.44. The topological polar surface area (TPSA) is 67.6 Å². The van der Waals surface area contributed by atoms with E-state index in [0.29, 0.717) is 12.5 Å². The highest BCUT2D eigenvalue weighted by atomic mass is 19.1. The number of nitrogens with zero attached hydrogens (tertiary/aromatic N) is 1. The summed E-state index contributed by atoms with van der Waals surface area (Å²) >= 11 is 0. The maximum absolute atomic E-state index is 14.4. The summed E-state index contributed by atoms with van der Waals surface area (Å²) in [6, 6.07) is 17.5. The molecule has 3 N–H and O–H groups in total. The third-order valence-corrected chi connectivity index (χ3v) is 7.93. The summed E-state index contributed by atoms with van der Waals surface area (Å²) in [4.78, 5) is 14.6. The molecule has 1 heterocycles. The molecule has 2 aromatic carbocycles. The number of hydrogen-bond acceptors (Lipinski definition) is 4. The highest BCUT2D eigenvalue weighted by Gasteiger charge is 2.51. The van der Waals surface area contributed by atoms with Gasteiger partial charge in [-0.2, -0.15) is 0 Å². The van der Waals surface area contributed by atoms with E-state index in [4.69, 9.17) is 10.5 Å². The standard InChI is InChI=1S/C27H36FN3O2/c1-33-26(32)30-25-12-6-11-24(25)27(19-29,22-9-5-10-23(28)17-22)21-13-15-31(16-14-21)18-20-7-3-2-4-8-20/h2-5,7-10,17,21,24-25H,6,11-16,18-19,29H2,1H3,(H,30,32)/t24-,25-,27-/m0/s1. The molecule has 178 valence electrons. The van der Waals surface area contributed by atoms with Crippen LogP contribution in [0.2, 0.25) is 0 Å². The van der Waals surface area contributed by atoms with Crippen molar-refractivity contribution in [3.63, 3.8) is 0 Å². The molecule has 0 radical (unpaired) electrons. The molecule has 6 heteroatoms. The van der Waals surface area contributed by atoms with E-state index in [1.54, 1.807) is 12.1 Å². The van der Waals surface area contributed by atoms with Crippen LogP contribution in [0.25, 0.3) is 0 Å². The van der Waals surface area contributed by atoms with Gasteiger partial charge < -0.3 is 15.8 Å². The molecular weight excluding hydrogens is 417 g/mol. The van der Waals surface area contributed by atoms with Gasteiger partial charge in [0.1, 0.15) is 5.82 Å². The molecule has 0 spiro atoms. The van der Waals surface area contributed by atoms with Crippen LogP contribution in [0, 0.1) is 17.7 Å². The number of hydrogen-bond donors (Lipinski definition) is 2. The molecule has 1 aliphatic carbocycles. The summed E-state index contributed by atoms with van der Waals surface area (Å²) in [5.74, 6) is 0.234. The number of alkyl carbamates (subject to hydrolysis) is 1. The minimum atomic E-state index is -0.408. The highest BCUT2D eigenvalue weighted by molar-refractivity contribution is 5.67. The molecule has 2 aromatic rings. The lowest BCUT2D eigenvalue weighted by atomic mass is 9.58.